The van der Waals surface area contributed by atoms with E-state index in [9.17, 15) is 21.6 Å². The number of methoxy groups -OCH3 is 1. The first kappa shape index (κ1) is 26.5. The average molecular weight is 552 g/mol. The van der Waals surface area contributed by atoms with E-state index in [-0.39, 0.29) is 58.4 Å². The third-order valence-electron chi connectivity index (χ3n) is 4.90. The van der Waals surface area contributed by atoms with Crippen molar-refractivity contribution in [2.24, 2.45) is 0 Å². The van der Waals surface area contributed by atoms with E-state index in [2.05, 4.69) is 5.32 Å². The normalized spacial score (nSPS) is 15.1. The summed E-state index contributed by atoms with van der Waals surface area (Å²) >= 11 is 12.1. The lowest BCUT2D eigenvalue weighted by Crippen LogP contribution is -2.40. The fraction of sp³-hybridized carbons (Fsp3) is 0.350. The Kier molecular flexibility index (Phi) is 8.32. The van der Waals surface area contributed by atoms with Crippen molar-refractivity contribution in [2.45, 2.75) is 4.90 Å². The number of sulfonamides is 2. The van der Waals surface area contributed by atoms with Crippen LogP contribution >= 0.6 is 23.2 Å². The van der Waals surface area contributed by atoms with Crippen LogP contribution in [0.5, 0.6) is 5.75 Å². The van der Waals surface area contributed by atoms with Gasteiger partial charge < -0.3 is 14.8 Å². The number of hydrogen-bond acceptors (Lipinski definition) is 7. The van der Waals surface area contributed by atoms with Gasteiger partial charge in [0.05, 0.1) is 37.3 Å². The fourth-order valence-electron chi connectivity index (χ4n) is 3.27. The molecule has 3 rings (SSSR count). The summed E-state index contributed by atoms with van der Waals surface area (Å²) in [6, 6.07) is 8.36. The van der Waals surface area contributed by atoms with E-state index in [4.69, 9.17) is 32.7 Å². The van der Waals surface area contributed by atoms with E-state index >= 15 is 0 Å². The number of nitrogens with one attached hydrogen (secondary N) is 1. The number of amides is 1. The van der Waals surface area contributed by atoms with Crippen LogP contribution in [0.15, 0.2) is 41.3 Å². The molecule has 0 aliphatic carbocycles. The minimum atomic E-state index is -3.92. The van der Waals surface area contributed by atoms with Crippen LogP contribution in [0.3, 0.4) is 0 Å². The molecule has 1 fully saturated rings. The number of benzene rings is 2. The molecular weight excluding hydrogens is 529 g/mol. The first-order valence-corrected chi connectivity index (χ1v) is 14.0. The first-order chi connectivity index (χ1) is 15.9. The Balaban J connectivity index is 1.88. The molecule has 1 amide bonds. The fourth-order valence-corrected chi connectivity index (χ4v) is 6.16. The van der Waals surface area contributed by atoms with E-state index < -0.39 is 32.5 Å². The number of rotatable bonds is 8. The summed E-state index contributed by atoms with van der Waals surface area (Å²) in [5.41, 5.74) is 0.181. The molecule has 0 bridgehead atoms. The molecular formula is C20H23Cl2N3O7S2. The van der Waals surface area contributed by atoms with Crippen LogP contribution in [0.4, 0.5) is 11.4 Å². The number of hydrogen-bond donors (Lipinski definition) is 1. The number of morpholine rings is 1. The zero-order valence-corrected chi connectivity index (χ0v) is 21.5. The Morgan fingerprint density at radius 3 is 2.41 bits per heavy atom. The van der Waals surface area contributed by atoms with E-state index in [0.717, 1.165) is 10.6 Å². The van der Waals surface area contributed by atoms with E-state index in [1.54, 1.807) is 0 Å². The maximum atomic E-state index is 13.1. The van der Waals surface area contributed by atoms with Gasteiger partial charge in [0.1, 0.15) is 17.2 Å². The molecule has 0 spiro atoms. The largest absolute Gasteiger partial charge is 0.495 e. The zero-order chi connectivity index (χ0) is 25.1. The number of carbonyl (C=O) groups excluding carboxylic acids is 1. The second-order valence-electron chi connectivity index (χ2n) is 7.30. The van der Waals surface area contributed by atoms with E-state index in [0.29, 0.717) is 0 Å². The van der Waals surface area contributed by atoms with Gasteiger partial charge in [-0.2, -0.15) is 4.31 Å². The third kappa shape index (κ3) is 6.12. The number of ether oxygens (including phenoxy) is 2. The van der Waals surface area contributed by atoms with Gasteiger partial charge in [0, 0.05) is 23.8 Å². The minimum absolute atomic E-state index is 0.0390. The van der Waals surface area contributed by atoms with Crippen molar-refractivity contribution >= 4 is 60.5 Å². The van der Waals surface area contributed by atoms with Crippen molar-refractivity contribution in [3.63, 3.8) is 0 Å². The topological polar surface area (TPSA) is 122 Å². The zero-order valence-electron chi connectivity index (χ0n) is 18.3. The van der Waals surface area contributed by atoms with Crippen molar-refractivity contribution in [3.05, 3.63) is 46.4 Å². The van der Waals surface area contributed by atoms with Crippen LogP contribution in [-0.4, -0.2) is 73.3 Å². The SMILES string of the molecule is COc1ccc(NC(=O)CN(c2cc(Cl)ccc2Cl)S(C)(=O)=O)cc1S(=O)(=O)N1CCOCC1. The Morgan fingerprint density at radius 1 is 1.12 bits per heavy atom. The molecule has 2 aromatic carbocycles. The number of nitrogens with zero attached hydrogens (tertiary/aromatic N) is 2. The molecule has 14 heteroatoms. The molecule has 1 aliphatic rings. The highest BCUT2D eigenvalue weighted by Crippen LogP contribution is 2.32. The highest BCUT2D eigenvalue weighted by atomic mass is 35.5. The van der Waals surface area contributed by atoms with Crippen molar-refractivity contribution in [1.82, 2.24) is 4.31 Å². The van der Waals surface area contributed by atoms with Gasteiger partial charge in [-0.05, 0) is 36.4 Å². The van der Waals surface area contributed by atoms with Gasteiger partial charge in [0.2, 0.25) is 26.0 Å². The van der Waals surface area contributed by atoms with Crippen LogP contribution in [0, 0.1) is 0 Å². The van der Waals surface area contributed by atoms with E-state index in [1.807, 2.05) is 0 Å². The van der Waals surface area contributed by atoms with Crippen molar-refractivity contribution in [2.75, 3.05) is 55.8 Å². The van der Waals surface area contributed by atoms with Crippen molar-refractivity contribution in [1.29, 1.82) is 0 Å². The van der Waals surface area contributed by atoms with Gasteiger partial charge in [-0.1, -0.05) is 23.2 Å². The Bertz CT molecular complexity index is 1280. The molecule has 186 valence electrons. The number of halogens is 2. The summed E-state index contributed by atoms with van der Waals surface area (Å²) in [5.74, 6) is -0.616. The molecule has 0 saturated carbocycles. The van der Waals surface area contributed by atoms with Crippen molar-refractivity contribution in [3.8, 4) is 5.75 Å². The molecule has 0 aromatic heterocycles. The average Bonchev–Trinajstić information content (AvgIpc) is 2.79. The third-order valence-corrected chi connectivity index (χ3v) is 8.50. The first-order valence-electron chi connectivity index (χ1n) is 9.92. The van der Waals surface area contributed by atoms with E-state index in [1.165, 1.54) is 47.8 Å². The van der Waals surface area contributed by atoms with Gasteiger partial charge >= 0.3 is 0 Å². The standard InChI is InChI=1S/C20H23Cl2N3O7S2/c1-31-18-6-4-15(12-19(18)34(29,30)24-7-9-32-10-8-24)23-20(26)13-25(33(2,27)28)17-11-14(21)3-5-16(17)22/h3-6,11-12H,7-10,13H2,1-2H3,(H,23,26). The second-order valence-corrected chi connectivity index (χ2v) is 12.0. The van der Waals surface area contributed by atoms with Gasteiger partial charge in [-0.25, -0.2) is 16.8 Å². The van der Waals surface area contributed by atoms with Gasteiger partial charge in [-0.15, -0.1) is 0 Å². The predicted molar refractivity (Wildman–Crippen MR) is 130 cm³/mol. The molecule has 1 aliphatic heterocycles. The van der Waals surface area contributed by atoms with Gasteiger partial charge in [0.25, 0.3) is 0 Å². The molecule has 1 saturated heterocycles. The van der Waals surface area contributed by atoms with Crippen LogP contribution in [0.1, 0.15) is 0 Å². The molecule has 1 N–H and O–H groups in total. The van der Waals surface area contributed by atoms with Crippen LogP contribution in [-0.2, 0) is 29.6 Å². The predicted octanol–water partition coefficient (Wildman–Crippen LogP) is 2.43. The lowest BCUT2D eigenvalue weighted by atomic mass is 10.3. The molecule has 1 heterocycles. The summed E-state index contributed by atoms with van der Waals surface area (Å²) < 4.78 is 63.5. The summed E-state index contributed by atoms with van der Waals surface area (Å²) in [7, 11) is -6.49. The number of anilines is 2. The maximum absolute atomic E-state index is 13.1. The highest BCUT2D eigenvalue weighted by Gasteiger charge is 2.30. The Labute approximate surface area is 208 Å². The Morgan fingerprint density at radius 2 is 1.79 bits per heavy atom. The Hall–Kier alpha value is -2.09. The summed E-state index contributed by atoms with van der Waals surface area (Å²) in [4.78, 5) is 12.6. The molecule has 34 heavy (non-hydrogen) atoms. The lowest BCUT2D eigenvalue weighted by molar-refractivity contribution is -0.114. The quantitative estimate of drug-likeness (QED) is 0.534. The smallest absolute Gasteiger partial charge is 0.246 e. The van der Waals surface area contributed by atoms with Gasteiger partial charge in [0.15, 0.2) is 0 Å². The van der Waals surface area contributed by atoms with Crippen LogP contribution < -0.4 is 14.4 Å². The summed E-state index contributed by atoms with van der Waals surface area (Å²) in [5, 5.41) is 2.86. The monoisotopic (exact) mass is 551 g/mol. The lowest BCUT2D eigenvalue weighted by Gasteiger charge is -2.27. The summed E-state index contributed by atoms with van der Waals surface area (Å²) in [6.07, 6.45) is 0.928. The highest BCUT2D eigenvalue weighted by molar-refractivity contribution is 7.92. The minimum Gasteiger partial charge on any atom is -0.495 e. The molecule has 0 unspecified atom stereocenters. The van der Waals surface area contributed by atoms with Crippen LogP contribution in [0.25, 0.3) is 0 Å². The van der Waals surface area contributed by atoms with Crippen LogP contribution in [0.2, 0.25) is 10.0 Å². The molecule has 0 atom stereocenters. The number of carbonyl (C=O) groups is 1. The summed E-state index contributed by atoms with van der Waals surface area (Å²) in [6.45, 7) is 0.296. The van der Waals surface area contributed by atoms with Crippen molar-refractivity contribution < 1.29 is 31.1 Å². The molecule has 10 nitrogen and oxygen atoms in total. The maximum Gasteiger partial charge on any atom is 0.246 e. The van der Waals surface area contributed by atoms with Gasteiger partial charge in [-0.3, -0.25) is 9.10 Å². The molecule has 2 aromatic rings. The second kappa shape index (κ2) is 10.7. The molecule has 0 radical (unpaired) electrons.